The number of ketones is 1. The summed E-state index contributed by atoms with van der Waals surface area (Å²) in [6.07, 6.45) is 0.199. The van der Waals surface area contributed by atoms with E-state index in [9.17, 15) is 14.4 Å². The normalized spacial score (nSPS) is 13.7. The second-order valence-electron chi connectivity index (χ2n) is 7.23. The van der Waals surface area contributed by atoms with Gasteiger partial charge >= 0.3 is 5.97 Å². The van der Waals surface area contributed by atoms with Crippen LogP contribution in [0, 0.1) is 16.7 Å². The summed E-state index contributed by atoms with van der Waals surface area (Å²) in [6, 6.07) is 0. The van der Waals surface area contributed by atoms with E-state index in [1.54, 1.807) is 20.8 Å². The smallest absolute Gasteiger partial charge is 0.307 e. The lowest BCUT2D eigenvalue weighted by atomic mass is 9.78. The molecule has 0 aromatic heterocycles. The van der Waals surface area contributed by atoms with E-state index in [-0.39, 0.29) is 31.1 Å². The summed E-state index contributed by atoms with van der Waals surface area (Å²) in [5, 5.41) is 11.8. The molecule has 20 heavy (non-hydrogen) atoms. The average molecular weight is 285 g/mol. The summed E-state index contributed by atoms with van der Waals surface area (Å²) < 4.78 is 0. The maximum absolute atomic E-state index is 11.8. The van der Waals surface area contributed by atoms with Gasteiger partial charge in [0.25, 0.3) is 0 Å². The number of rotatable bonds is 6. The summed E-state index contributed by atoms with van der Waals surface area (Å²) >= 11 is 0. The summed E-state index contributed by atoms with van der Waals surface area (Å²) in [5.74, 6) is -1.96. The van der Waals surface area contributed by atoms with Crippen LogP contribution in [-0.4, -0.2) is 29.3 Å². The third kappa shape index (κ3) is 6.68. The fourth-order valence-corrected chi connectivity index (χ4v) is 1.71. The van der Waals surface area contributed by atoms with Crippen LogP contribution in [0.15, 0.2) is 0 Å². The van der Waals surface area contributed by atoms with Gasteiger partial charge in [-0.05, 0) is 5.41 Å². The van der Waals surface area contributed by atoms with Crippen molar-refractivity contribution in [1.82, 2.24) is 5.32 Å². The van der Waals surface area contributed by atoms with E-state index in [4.69, 9.17) is 5.11 Å². The highest BCUT2D eigenvalue weighted by molar-refractivity contribution is 5.85. The molecule has 0 saturated heterocycles. The molecule has 1 unspecified atom stereocenters. The zero-order chi connectivity index (χ0) is 16.1. The van der Waals surface area contributed by atoms with Gasteiger partial charge in [0.15, 0.2) is 0 Å². The van der Waals surface area contributed by atoms with Crippen molar-refractivity contribution in [2.45, 2.75) is 54.4 Å². The van der Waals surface area contributed by atoms with E-state index in [2.05, 4.69) is 5.32 Å². The van der Waals surface area contributed by atoms with Gasteiger partial charge in [0.05, 0.1) is 5.92 Å². The van der Waals surface area contributed by atoms with Crippen LogP contribution in [-0.2, 0) is 14.4 Å². The van der Waals surface area contributed by atoms with Crippen molar-refractivity contribution in [3.05, 3.63) is 0 Å². The molecule has 0 bridgehead atoms. The Labute approximate surface area is 121 Å². The number of hydrogen-bond donors (Lipinski definition) is 2. The van der Waals surface area contributed by atoms with E-state index in [0.29, 0.717) is 0 Å². The van der Waals surface area contributed by atoms with Crippen LogP contribution in [0.3, 0.4) is 0 Å². The molecule has 0 heterocycles. The first-order chi connectivity index (χ1) is 8.85. The Bertz CT molecular complexity index is 374. The van der Waals surface area contributed by atoms with Gasteiger partial charge in [0.1, 0.15) is 5.78 Å². The number of amides is 1. The van der Waals surface area contributed by atoms with Crippen molar-refractivity contribution in [2.75, 3.05) is 6.54 Å². The molecule has 0 aromatic rings. The van der Waals surface area contributed by atoms with Crippen molar-refractivity contribution in [2.24, 2.45) is 16.7 Å². The lowest BCUT2D eigenvalue weighted by Crippen LogP contribution is -2.36. The van der Waals surface area contributed by atoms with Crippen molar-refractivity contribution >= 4 is 17.7 Å². The Kier molecular flexibility index (Phi) is 6.38. The predicted molar refractivity (Wildman–Crippen MR) is 77.3 cm³/mol. The topological polar surface area (TPSA) is 83.5 Å². The van der Waals surface area contributed by atoms with Gasteiger partial charge in [0.2, 0.25) is 5.91 Å². The lowest BCUT2D eigenvalue weighted by molar-refractivity contribution is -0.148. The number of carbonyl (C=O) groups is 3. The highest BCUT2D eigenvalue weighted by atomic mass is 16.4. The SMILES string of the molecule is CC(C)(C)C(=O)CCNC(=O)CC(C(=O)O)C(C)(C)C. The zero-order valence-corrected chi connectivity index (χ0v) is 13.4. The standard InChI is InChI=1S/C15H27NO4/c1-14(2,3)10(13(19)20)9-12(18)16-8-7-11(17)15(4,5)6/h10H,7-9H2,1-6H3,(H,16,18)(H,19,20). The minimum Gasteiger partial charge on any atom is -0.481 e. The number of Topliss-reactive ketones (excluding diaryl/α,β-unsaturated/α-hetero) is 1. The second kappa shape index (κ2) is 6.86. The number of hydrogen-bond acceptors (Lipinski definition) is 3. The third-order valence-corrected chi connectivity index (χ3v) is 3.24. The number of nitrogens with one attached hydrogen (secondary N) is 1. The van der Waals surface area contributed by atoms with Crippen LogP contribution in [0.2, 0.25) is 0 Å². The average Bonchev–Trinajstić information content (AvgIpc) is 2.22. The molecular formula is C15H27NO4. The highest BCUT2D eigenvalue weighted by Crippen LogP contribution is 2.28. The van der Waals surface area contributed by atoms with Crippen LogP contribution in [0.1, 0.15) is 54.4 Å². The van der Waals surface area contributed by atoms with Crippen LogP contribution < -0.4 is 5.32 Å². The Morgan fingerprint density at radius 1 is 1.05 bits per heavy atom. The Morgan fingerprint density at radius 3 is 1.90 bits per heavy atom. The van der Waals surface area contributed by atoms with Crippen molar-refractivity contribution in [3.8, 4) is 0 Å². The van der Waals surface area contributed by atoms with Crippen LogP contribution in [0.4, 0.5) is 0 Å². The highest BCUT2D eigenvalue weighted by Gasteiger charge is 2.33. The Balaban J connectivity index is 4.30. The molecule has 5 heteroatoms. The molecular weight excluding hydrogens is 258 g/mol. The molecule has 0 spiro atoms. The number of carbonyl (C=O) groups excluding carboxylic acids is 2. The number of carboxylic acid groups (broad SMARTS) is 1. The van der Waals surface area contributed by atoms with Crippen LogP contribution in [0.25, 0.3) is 0 Å². The van der Waals surface area contributed by atoms with Gasteiger partial charge in [-0.3, -0.25) is 14.4 Å². The molecule has 0 aliphatic rings. The first kappa shape index (κ1) is 18.6. The second-order valence-corrected chi connectivity index (χ2v) is 7.23. The third-order valence-electron chi connectivity index (χ3n) is 3.24. The fourth-order valence-electron chi connectivity index (χ4n) is 1.71. The molecule has 0 saturated carbocycles. The summed E-state index contributed by atoms with van der Waals surface area (Å²) in [4.78, 5) is 34.6. The van der Waals surface area contributed by atoms with Crippen LogP contribution in [0.5, 0.6) is 0 Å². The number of aliphatic carboxylic acids is 1. The van der Waals surface area contributed by atoms with E-state index in [1.165, 1.54) is 0 Å². The van der Waals surface area contributed by atoms with Crippen molar-refractivity contribution in [3.63, 3.8) is 0 Å². The maximum Gasteiger partial charge on any atom is 0.307 e. The van der Waals surface area contributed by atoms with Crippen molar-refractivity contribution in [1.29, 1.82) is 0 Å². The molecule has 1 amide bonds. The van der Waals surface area contributed by atoms with Gasteiger partial charge < -0.3 is 10.4 Å². The first-order valence-corrected chi connectivity index (χ1v) is 6.88. The zero-order valence-electron chi connectivity index (χ0n) is 13.4. The summed E-state index contributed by atoms with van der Waals surface area (Å²) in [5.41, 5.74) is -0.899. The molecule has 116 valence electrons. The minimum atomic E-state index is -0.974. The van der Waals surface area contributed by atoms with Crippen molar-refractivity contribution < 1.29 is 19.5 Å². The van der Waals surface area contributed by atoms with Gasteiger partial charge in [-0.25, -0.2) is 0 Å². The van der Waals surface area contributed by atoms with Crippen LogP contribution >= 0.6 is 0 Å². The van der Waals surface area contributed by atoms with E-state index < -0.39 is 22.7 Å². The Hall–Kier alpha value is -1.39. The molecule has 0 aliphatic carbocycles. The monoisotopic (exact) mass is 285 g/mol. The first-order valence-electron chi connectivity index (χ1n) is 6.88. The van der Waals surface area contributed by atoms with Gasteiger partial charge in [0, 0.05) is 24.8 Å². The maximum atomic E-state index is 11.8. The lowest BCUT2D eigenvalue weighted by Gasteiger charge is -2.26. The molecule has 5 nitrogen and oxygen atoms in total. The Morgan fingerprint density at radius 2 is 1.55 bits per heavy atom. The molecule has 0 rings (SSSR count). The molecule has 0 radical (unpaired) electrons. The molecule has 2 N–H and O–H groups in total. The van der Waals surface area contributed by atoms with Gasteiger partial charge in [-0.1, -0.05) is 41.5 Å². The molecule has 0 fully saturated rings. The van der Waals surface area contributed by atoms with E-state index >= 15 is 0 Å². The van der Waals surface area contributed by atoms with E-state index in [0.717, 1.165) is 0 Å². The fraction of sp³-hybridized carbons (Fsp3) is 0.800. The minimum absolute atomic E-state index is 0.0669. The predicted octanol–water partition coefficient (Wildman–Crippen LogP) is 2.24. The summed E-state index contributed by atoms with van der Waals surface area (Å²) in [7, 11) is 0. The van der Waals surface area contributed by atoms with Gasteiger partial charge in [-0.15, -0.1) is 0 Å². The van der Waals surface area contributed by atoms with Gasteiger partial charge in [-0.2, -0.15) is 0 Å². The number of carboxylic acids is 1. The quantitative estimate of drug-likeness (QED) is 0.784. The molecule has 0 aliphatic heterocycles. The summed E-state index contributed by atoms with van der Waals surface area (Å²) in [6.45, 7) is 11.1. The largest absolute Gasteiger partial charge is 0.481 e. The van der Waals surface area contributed by atoms with E-state index in [1.807, 2.05) is 20.8 Å². The molecule has 0 aromatic carbocycles. The molecule has 1 atom stereocenters.